The van der Waals surface area contributed by atoms with Gasteiger partial charge in [0.25, 0.3) is 0 Å². The molecule has 0 aliphatic rings. The second-order valence-corrected chi connectivity index (χ2v) is 3.53. The van der Waals surface area contributed by atoms with Gasteiger partial charge in [-0.25, -0.2) is 4.79 Å². The van der Waals surface area contributed by atoms with Crippen molar-refractivity contribution in [2.24, 2.45) is 0 Å². The molecule has 0 radical (unpaired) electrons. The first-order chi connectivity index (χ1) is 7.11. The molecule has 0 atom stereocenters. The predicted octanol–water partition coefficient (Wildman–Crippen LogP) is 2.99. The van der Waals surface area contributed by atoms with Crippen molar-refractivity contribution in [3.63, 3.8) is 0 Å². The van der Waals surface area contributed by atoms with E-state index in [1.165, 1.54) is 0 Å². The molecular formula is C12H20O3. The third-order valence-corrected chi connectivity index (χ3v) is 2.16. The highest BCUT2D eigenvalue weighted by Crippen LogP contribution is 2.05. The van der Waals surface area contributed by atoms with Crippen LogP contribution in [-0.4, -0.2) is 11.9 Å². The quantitative estimate of drug-likeness (QED) is 0.282. The lowest BCUT2D eigenvalue weighted by atomic mass is 10.1. The molecule has 0 N–H and O–H groups in total. The lowest BCUT2D eigenvalue weighted by Gasteiger charge is -2.03. The Labute approximate surface area is 91.5 Å². The fourth-order valence-electron chi connectivity index (χ4n) is 1.07. The maximum atomic E-state index is 11.2. The summed E-state index contributed by atoms with van der Waals surface area (Å²) in [4.78, 5) is 22.3. The SMILES string of the molecule is C=C(CC)C(=O)OC(=O)CCCCCC. The van der Waals surface area contributed by atoms with Gasteiger partial charge < -0.3 is 4.74 Å². The zero-order valence-corrected chi connectivity index (χ0v) is 9.67. The number of carbonyl (C=O) groups excluding carboxylic acids is 2. The molecule has 0 aliphatic carbocycles. The van der Waals surface area contributed by atoms with Crippen LogP contribution in [0.25, 0.3) is 0 Å². The Kier molecular flexibility index (Phi) is 7.60. The molecule has 0 aromatic carbocycles. The number of unbranched alkanes of at least 4 members (excludes halogenated alkanes) is 3. The maximum absolute atomic E-state index is 11.2. The minimum atomic E-state index is -0.585. The fraction of sp³-hybridized carbons (Fsp3) is 0.667. The number of rotatable bonds is 7. The van der Waals surface area contributed by atoms with Crippen molar-refractivity contribution in [1.29, 1.82) is 0 Å². The summed E-state index contributed by atoms with van der Waals surface area (Å²) in [6, 6.07) is 0. The number of carbonyl (C=O) groups is 2. The summed E-state index contributed by atoms with van der Waals surface area (Å²) in [5.74, 6) is -1.02. The van der Waals surface area contributed by atoms with E-state index in [9.17, 15) is 9.59 Å². The summed E-state index contributed by atoms with van der Waals surface area (Å²) in [5.41, 5.74) is 0.344. The van der Waals surface area contributed by atoms with E-state index in [1.807, 2.05) is 0 Å². The Morgan fingerprint density at radius 1 is 1.13 bits per heavy atom. The van der Waals surface area contributed by atoms with E-state index < -0.39 is 11.9 Å². The first-order valence-corrected chi connectivity index (χ1v) is 5.54. The second-order valence-electron chi connectivity index (χ2n) is 3.53. The highest BCUT2D eigenvalue weighted by atomic mass is 16.6. The van der Waals surface area contributed by atoms with Gasteiger partial charge in [0.1, 0.15) is 0 Å². The Morgan fingerprint density at radius 2 is 1.80 bits per heavy atom. The lowest BCUT2D eigenvalue weighted by molar-refractivity contribution is -0.157. The van der Waals surface area contributed by atoms with Gasteiger partial charge in [-0.3, -0.25) is 4.79 Å². The average Bonchev–Trinajstić information content (AvgIpc) is 2.23. The van der Waals surface area contributed by atoms with E-state index >= 15 is 0 Å². The van der Waals surface area contributed by atoms with Crippen LogP contribution in [0.5, 0.6) is 0 Å². The van der Waals surface area contributed by atoms with Crippen molar-refractivity contribution in [2.45, 2.75) is 52.4 Å². The van der Waals surface area contributed by atoms with Crippen molar-refractivity contribution in [3.05, 3.63) is 12.2 Å². The summed E-state index contributed by atoms with van der Waals surface area (Å²) in [7, 11) is 0. The van der Waals surface area contributed by atoms with Crippen molar-refractivity contribution >= 4 is 11.9 Å². The zero-order valence-electron chi connectivity index (χ0n) is 9.67. The van der Waals surface area contributed by atoms with Crippen LogP contribution in [0, 0.1) is 0 Å². The topological polar surface area (TPSA) is 43.4 Å². The second kappa shape index (κ2) is 8.21. The third-order valence-electron chi connectivity index (χ3n) is 2.16. The van der Waals surface area contributed by atoms with Gasteiger partial charge in [0.15, 0.2) is 0 Å². The summed E-state index contributed by atoms with van der Waals surface area (Å²) < 4.78 is 4.61. The van der Waals surface area contributed by atoms with E-state index in [0.29, 0.717) is 18.4 Å². The highest BCUT2D eigenvalue weighted by Gasteiger charge is 2.11. The van der Waals surface area contributed by atoms with Crippen molar-refractivity contribution in [1.82, 2.24) is 0 Å². The summed E-state index contributed by atoms with van der Waals surface area (Å²) in [6.07, 6.45) is 4.88. The smallest absolute Gasteiger partial charge is 0.341 e. The first-order valence-electron chi connectivity index (χ1n) is 5.54. The van der Waals surface area contributed by atoms with Gasteiger partial charge >= 0.3 is 11.9 Å². The van der Waals surface area contributed by atoms with E-state index in [1.54, 1.807) is 6.92 Å². The van der Waals surface area contributed by atoms with Gasteiger partial charge in [-0.15, -0.1) is 0 Å². The highest BCUT2D eigenvalue weighted by molar-refractivity contribution is 5.95. The molecule has 86 valence electrons. The molecule has 0 saturated heterocycles. The van der Waals surface area contributed by atoms with E-state index in [4.69, 9.17) is 0 Å². The summed E-state index contributed by atoms with van der Waals surface area (Å²) >= 11 is 0. The van der Waals surface area contributed by atoms with Crippen LogP contribution >= 0.6 is 0 Å². The number of esters is 2. The van der Waals surface area contributed by atoms with Gasteiger partial charge in [0.05, 0.1) is 0 Å². The van der Waals surface area contributed by atoms with Crippen LogP contribution in [0.3, 0.4) is 0 Å². The van der Waals surface area contributed by atoms with Crippen molar-refractivity contribution in [2.75, 3.05) is 0 Å². The number of hydrogen-bond donors (Lipinski definition) is 0. The molecule has 0 heterocycles. The zero-order chi connectivity index (χ0) is 11.7. The fourth-order valence-corrected chi connectivity index (χ4v) is 1.07. The Hall–Kier alpha value is -1.12. The van der Waals surface area contributed by atoms with E-state index in [-0.39, 0.29) is 0 Å². The molecule has 0 aromatic rings. The Balaban J connectivity index is 3.65. The molecule has 0 spiro atoms. The first kappa shape index (κ1) is 13.9. The Morgan fingerprint density at radius 3 is 2.33 bits per heavy atom. The summed E-state index contributed by atoms with van der Waals surface area (Å²) in [6.45, 7) is 7.41. The van der Waals surface area contributed by atoms with Gasteiger partial charge in [0.2, 0.25) is 0 Å². The van der Waals surface area contributed by atoms with Crippen LogP contribution < -0.4 is 0 Å². The normalized spacial score (nSPS) is 9.73. The molecule has 3 nitrogen and oxygen atoms in total. The average molecular weight is 212 g/mol. The predicted molar refractivity (Wildman–Crippen MR) is 59.3 cm³/mol. The minimum absolute atomic E-state index is 0.322. The largest absolute Gasteiger partial charge is 0.390 e. The van der Waals surface area contributed by atoms with Crippen LogP contribution in [0.15, 0.2) is 12.2 Å². The van der Waals surface area contributed by atoms with Crippen molar-refractivity contribution in [3.8, 4) is 0 Å². The van der Waals surface area contributed by atoms with Crippen LogP contribution in [0.1, 0.15) is 52.4 Å². The monoisotopic (exact) mass is 212 g/mol. The molecule has 0 rings (SSSR count). The number of hydrogen-bond acceptors (Lipinski definition) is 3. The van der Waals surface area contributed by atoms with E-state index in [0.717, 1.165) is 25.7 Å². The standard InChI is InChI=1S/C12H20O3/c1-4-6-7-8-9-11(13)15-12(14)10(3)5-2/h3-9H2,1-2H3. The molecule has 0 bridgehead atoms. The molecular weight excluding hydrogens is 192 g/mol. The lowest BCUT2D eigenvalue weighted by Crippen LogP contribution is -2.13. The molecule has 15 heavy (non-hydrogen) atoms. The third kappa shape index (κ3) is 6.89. The maximum Gasteiger partial charge on any atom is 0.341 e. The number of ether oxygens (including phenoxy) is 1. The molecule has 0 aliphatic heterocycles. The molecule has 0 saturated carbocycles. The molecule has 0 aromatic heterocycles. The van der Waals surface area contributed by atoms with Crippen LogP contribution in [-0.2, 0) is 14.3 Å². The minimum Gasteiger partial charge on any atom is -0.390 e. The molecule has 0 unspecified atom stereocenters. The van der Waals surface area contributed by atoms with E-state index in [2.05, 4.69) is 18.2 Å². The van der Waals surface area contributed by atoms with Gasteiger partial charge in [-0.05, 0) is 12.8 Å². The molecule has 0 amide bonds. The molecule has 3 heteroatoms. The van der Waals surface area contributed by atoms with Gasteiger partial charge in [0, 0.05) is 12.0 Å². The van der Waals surface area contributed by atoms with Crippen LogP contribution in [0.4, 0.5) is 0 Å². The van der Waals surface area contributed by atoms with Gasteiger partial charge in [-0.2, -0.15) is 0 Å². The molecule has 0 fully saturated rings. The van der Waals surface area contributed by atoms with Crippen LogP contribution in [0.2, 0.25) is 0 Å². The summed E-state index contributed by atoms with van der Waals surface area (Å²) in [5, 5.41) is 0. The Bertz CT molecular complexity index is 231. The van der Waals surface area contributed by atoms with Crippen molar-refractivity contribution < 1.29 is 14.3 Å². The van der Waals surface area contributed by atoms with Gasteiger partial charge in [-0.1, -0.05) is 39.7 Å².